The Labute approximate surface area is 117 Å². The molecule has 0 amide bonds. The van der Waals surface area contributed by atoms with E-state index in [9.17, 15) is 4.79 Å². The third-order valence-electron chi connectivity index (χ3n) is 2.61. The lowest BCUT2D eigenvalue weighted by molar-refractivity contribution is 0.0964. The molecular weight excluding hydrogens is 287 g/mol. The topological polar surface area (TPSA) is 60.7 Å². The number of nitrogens with zero attached hydrogens (tertiary/aromatic N) is 4. The van der Waals surface area contributed by atoms with Gasteiger partial charge in [0.2, 0.25) is 0 Å². The molecule has 0 N–H and O–H groups in total. The summed E-state index contributed by atoms with van der Waals surface area (Å²) in [5.74, 6) is -0.317. The molecule has 0 unspecified atom stereocenters. The Morgan fingerprint density at radius 1 is 1.11 bits per heavy atom. The second-order valence-corrected chi connectivity index (χ2v) is 4.50. The summed E-state index contributed by atoms with van der Waals surface area (Å²) in [5, 5.41) is 0.574. The molecule has 1 aromatic carbocycles. The van der Waals surface area contributed by atoms with E-state index in [1.165, 1.54) is 17.2 Å². The molecule has 0 saturated carbocycles. The number of imidazole rings is 1. The van der Waals surface area contributed by atoms with Gasteiger partial charge >= 0.3 is 0 Å². The molecule has 0 saturated heterocycles. The highest BCUT2D eigenvalue weighted by molar-refractivity contribution is 6.34. The van der Waals surface area contributed by atoms with Crippen LogP contribution in [0.25, 0.3) is 11.2 Å². The molecule has 7 heteroatoms. The number of halogens is 2. The summed E-state index contributed by atoms with van der Waals surface area (Å²) < 4.78 is 1.30. The number of rotatable bonds is 1. The van der Waals surface area contributed by atoms with Gasteiger partial charge in [0.25, 0.3) is 5.91 Å². The number of aromatic nitrogens is 4. The van der Waals surface area contributed by atoms with Crippen LogP contribution in [0, 0.1) is 0 Å². The van der Waals surface area contributed by atoms with Gasteiger partial charge < -0.3 is 0 Å². The van der Waals surface area contributed by atoms with Crippen LogP contribution in [0.3, 0.4) is 0 Å². The minimum atomic E-state index is -0.317. The fourth-order valence-electron chi connectivity index (χ4n) is 1.72. The van der Waals surface area contributed by atoms with Crippen LogP contribution in [-0.2, 0) is 0 Å². The highest BCUT2D eigenvalue weighted by Crippen LogP contribution is 2.21. The van der Waals surface area contributed by atoms with Crippen molar-refractivity contribution in [2.24, 2.45) is 0 Å². The van der Waals surface area contributed by atoms with Crippen LogP contribution >= 0.6 is 23.2 Å². The zero-order valence-corrected chi connectivity index (χ0v) is 10.9. The summed E-state index contributed by atoms with van der Waals surface area (Å²) in [6.07, 6.45) is 2.64. The van der Waals surface area contributed by atoms with Gasteiger partial charge in [-0.1, -0.05) is 35.3 Å². The van der Waals surface area contributed by atoms with Gasteiger partial charge in [-0.05, 0) is 12.1 Å². The van der Waals surface area contributed by atoms with Crippen LogP contribution in [0.1, 0.15) is 10.4 Å². The summed E-state index contributed by atoms with van der Waals surface area (Å²) >= 11 is 11.9. The molecule has 19 heavy (non-hydrogen) atoms. The molecule has 3 aromatic rings. The van der Waals surface area contributed by atoms with Crippen LogP contribution in [0.4, 0.5) is 0 Å². The predicted octanol–water partition coefficient (Wildman–Crippen LogP) is 2.82. The molecule has 0 radical (unpaired) electrons. The first kappa shape index (κ1) is 12.1. The first-order chi connectivity index (χ1) is 9.18. The van der Waals surface area contributed by atoms with Gasteiger partial charge in [0.05, 0.1) is 10.6 Å². The molecule has 94 valence electrons. The van der Waals surface area contributed by atoms with Gasteiger partial charge in [0.1, 0.15) is 18.2 Å². The van der Waals surface area contributed by atoms with E-state index in [0.717, 1.165) is 0 Å². The molecule has 3 rings (SSSR count). The lowest BCUT2D eigenvalue weighted by Gasteiger charge is -2.04. The van der Waals surface area contributed by atoms with E-state index in [1.807, 2.05) is 0 Å². The Morgan fingerprint density at radius 2 is 1.89 bits per heavy atom. The Bertz CT molecular complexity index is 784. The Balaban J connectivity index is 2.18. The second kappa shape index (κ2) is 4.60. The van der Waals surface area contributed by atoms with Crippen LogP contribution < -0.4 is 0 Å². The standard InChI is InChI=1S/C12H6Cl2N4O/c13-8-4-2-1-3-7(8)12(19)18-6-17-9-10(14)15-5-16-11(9)18/h1-6H. The maximum Gasteiger partial charge on any atom is 0.266 e. The highest BCUT2D eigenvalue weighted by Gasteiger charge is 2.17. The SMILES string of the molecule is O=C(c1ccccc1Cl)n1cnc2c(Cl)ncnc21. The third-order valence-corrected chi connectivity index (χ3v) is 3.22. The monoisotopic (exact) mass is 292 g/mol. The average Bonchev–Trinajstić information content (AvgIpc) is 2.84. The van der Waals surface area contributed by atoms with Crippen molar-refractivity contribution in [2.45, 2.75) is 0 Å². The predicted molar refractivity (Wildman–Crippen MR) is 71.5 cm³/mol. The van der Waals surface area contributed by atoms with E-state index in [2.05, 4.69) is 15.0 Å². The Hall–Kier alpha value is -1.98. The van der Waals surface area contributed by atoms with Gasteiger partial charge in [-0.3, -0.25) is 4.79 Å². The third kappa shape index (κ3) is 1.97. The molecule has 0 spiro atoms. The minimum absolute atomic E-state index is 0.204. The number of carbonyl (C=O) groups is 1. The van der Waals surface area contributed by atoms with Crippen molar-refractivity contribution in [3.8, 4) is 0 Å². The van der Waals surface area contributed by atoms with Crippen molar-refractivity contribution in [3.63, 3.8) is 0 Å². The fourth-order valence-corrected chi connectivity index (χ4v) is 2.11. The molecule has 0 aliphatic heterocycles. The molecule has 0 bridgehead atoms. The van der Waals surface area contributed by atoms with Crippen LogP contribution in [0.15, 0.2) is 36.9 Å². The van der Waals surface area contributed by atoms with Crippen molar-refractivity contribution in [1.82, 2.24) is 19.5 Å². The summed E-state index contributed by atoms with van der Waals surface area (Å²) in [5.41, 5.74) is 1.10. The summed E-state index contributed by atoms with van der Waals surface area (Å²) in [6, 6.07) is 6.78. The number of fused-ring (bicyclic) bond motifs is 1. The van der Waals surface area contributed by atoms with Crippen molar-refractivity contribution in [2.75, 3.05) is 0 Å². The van der Waals surface area contributed by atoms with Crippen molar-refractivity contribution >= 4 is 40.3 Å². The van der Waals surface area contributed by atoms with Gasteiger partial charge in [-0.2, -0.15) is 0 Å². The zero-order valence-electron chi connectivity index (χ0n) is 9.42. The Morgan fingerprint density at radius 3 is 2.68 bits per heavy atom. The summed E-state index contributed by atoms with van der Waals surface area (Å²) in [7, 11) is 0. The van der Waals surface area contributed by atoms with Crippen molar-refractivity contribution in [3.05, 3.63) is 52.7 Å². The van der Waals surface area contributed by atoms with Crippen LogP contribution in [-0.4, -0.2) is 25.4 Å². The normalized spacial score (nSPS) is 10.8. The van der Waals surface area contributed by atoms with Crippen molar-refractivity contribution in [1.29, 1.82) is 0 Å². The van der Waals surface area contributed by atoms with Gasteiger partial charge in [0.15, 0.2) is 10.8 Å². The first-order valence-electron chi connectivity index (χ1n) is 5.31. The maximum atomic E-state index is 12.4. The van der Waals surface area contributed by atoms with Gasteiger partial charge in [-0.25, -0.2) is 19.5 Å². The number of carbonyl (C=O) groups excluding carboxylic acids is 1. The number of benzene rings is 1. The molecule has 2 aromatic heterocycles. The van der Waals surface area contributed by atoms with Gasteiger partial charge in [-0.15, -0.1) is 0 Å². The average molecular weight is 293 g/mol. The maximum absolute atomic E-state index is 12.4. The smallest absolute Gasteiger partial charge is 0.266 e. The van der Waals surface area contributed by atoms with Crippen LogP contribution in [0.5, 0.6) is 0 Å². The molecule has 0 aliphatic rings. The molecule has 0 fully saturated rings. The lowest BCUT2D eigenvalue weighted by Crippen LogP contribution is -2.12. The second-order valence-electron chi connectivity index (χ2n) is 3.74. The van der Waals surface area contributed by atoms with E-state index >= 15 is 0 Å². The van der Waals surface area contributed by atoms with Crippen molar-refractivity contribution < 1.29 is 4.79 Å². The minimum Gasteiger partial charge on any atom is -0.268 e. The Kier molecular flexibility index (Phi) is 2.93. The molecule has 0 aliphatic carbocycles. The van der Waals surface area contributed by atoms with E-state index in [1.54, 1.807) is 24.3 Å². The van der Waals surface area contributed by atoms with E-state index in [4.69, 9.17) is 23.2 Å². The zero-order chi connectivity index (χ0) is 13.4. The van der Waals surface area contributed by atoms with Crippen LogP contribution in [0.2, 0.25) is 10.2 Å². The summed E-state index contributed by atoms with van der Waals surface area (Å²) in [4.78, 5) is 24.3. The van der Waals surface area contributed by atoms with E-state index in [-0.39, 0.29) is 11.1 Å². The molecule has 2 heterocycles. The lowest BCUT2D eigenvalue weighted by atomic mass is 10.2. The van der Waals surface area contributed by atoms with Gasteiger partial charge in [0, 0.05) is 0 Å². The molecular formula is C12H6Cl2N4O. The van der Waals surface area contributed by atoms with E-state index in [0.29, 0.717) is 21.7 Å². The first-order valence-corrected chi connectivity index (χ1v) is 6.07. The molecule has 0 atom stereocenters. The molecule has 5 nitrogen and oxygen atoms in total. The highest BCUT2D eigenvalue weighted by atomic mass is 35.5. The quantitative estimate of drug-likeness (QED) is 0.647. The number of hydrogen-bond donors (Lipinski definition) is 0. The fraction of sp³-hybridized carbons (Fsp3) is 0. The largest absolute Gasteiger partial charge is 0.268 e. The summed E-state index contributed by atoms with van der Waals surface area (Å²) in [6.45, 7) is 0. The van der Waals surface area contributed by atoms with E-state index < -0.39 is 0 Å². The number of hydrogen-bond acceptors (Lipinski definition) is 4.